The maximum absolute atomic E-state index is 12.6. The van der Waals surface area contributed by atoms with Crippen LogP contribution in [0.25, 0.3) is 0 Å². The van der Waals surface area contributed by atoms with E-state index in [0.717, 1.165) is 5.56 Å². The number of ether oxygens (including phenoxy) is 2. The van der Waals surface area contributed by atoms with Gasteiger partial charge in [-0.25, -0.2) is 8.42 Å². The van der Waals surface area contributed by atoms with Gasteiger partial charge in [0, 0.05) is 6.07 Å². The summed E-state index contributed by atoms with van der Waals surface area (Å²) in [6.45, 7) is 4.10. The molecule has 0 fully saturated rings. The van der Waals surface area contributed by atoms with Crippen molar-refractivity contribution in [1.29, 1.82) is 0 Å². The summed E-state index contributed by atoms with van der Waals surface area (Å²) < 4.78 is 38.0. The third-order valence-corrected chi connectivity index (χ3v) is 5.25. The quantitative estimate of drug-likeness (QED) is 0.825. The monoisotopic (exact) mass is 369 g/mol. The molecule has 2 aromatic rings. The highest BCUT2D eigenvalue weighted by atomic mass is 35.5. The second kappa shape index (κ2) is 7.32. The Labute approximate surface area is 147 Å². The summed E-state index contributed by atoms with van der Waals surface area (Å²) in [4.78, 5) is 0.167. The number of benzene rings is 2. The number of hydrogen-bond acceptors (Lipinski definition) is 4. The van der Waals surface area contributed by atoms with Crippen LogP contribution in [0.2, 0.25) is 5.02 Å². The second-order valence-electron chi connectivity index (χ2n) is 5.52. The number of halogens is 1. The van der Waals surface area contributed by atoms with Gasteiger partial charge in [-0.15, -0.1) is 0 Å². The van der Waals surface area contributed by atoms with Gasteiger partial charge in [-0.1, -0.05) is 37.6 Å². The van der Waals surface area contributed by atoms with E-state index in [1.165, 1.54) is 26.4 Å². The zero-order valence-electron chi connectivity index (χ0n) is 14.0. The van der Waals surface area contributed by atoms with Crippen LogP contribution in [0.3, 0.4) is 0 Å². The van der Waals surface area contributed by atoms with E-state index in [1.807, 2.05) is 13.8 Å². The maximum atomic E-state index is 12.6. The van der Waals surface area contributed by atoms with E-state index >= 15 is 0 Å². The molecule has 2 aromatic carbocycles. The van der Waals surface area contributed by atoms with Crippen molar-refractivity contribution < 1.29 is 17.9 Å². The summed E-state index contributed by atoms with van der Waals surface area (Å²) in [7, 11) is -0.839. The van der Waals surface area contributed by atoms with Gasteiger partial charge in [0.1, 0.15) is 11.5 Å². The number of anilines is 1. The van der Waals surface area contributed by atoms with E-state index in [9.17, 15) is 8.42 Å². The van der Waals surface area contributed by atoms with Crippen molar-refractivity contribution in [2.45, 2.75) is 24.7 Å². The number of rotatable bonds is 6. The first-order valence-electron chi connectivity index (χ1n) is 7.32. The lowest BCUT2D eigenvalue weighted by Gasteiger charge is -2.14. The predicted molar refractivity (Wildman–Crippen MR) is 95.9 cm³/mol. The molecule has 0 spiro atoms. The van der Waals surface area contributed by atoms with Gasteiger partial charge in [0.25, 0.3) is 10.0 Å². The van der Waals surface area contributed by atoms with Gasteiger partial charge in [0.2, 0.25) is 0 Å². The van der Waals surface area contributed by atoms with E-state index in [1.54, 1.807) is 24.3 Å². The predicted octanol–water partition coefficient (Wildman–Crippen LogP) is 4.28. The Morgan fingerprint density at radius 1 is 1.00 bits per heavy atom. The van der Waals surface area contributed by atoms with Gasteiger partial charge < -0.3 is 9.47 Å². The lowest BCUT2D eigenvalue weighted by molar-refractivity contribution is 0.396. The van der Waals surface area contributed by atoms with E-state index in [-0.39, 0.29) is 15.6 Å². The summed E-state index contributed by atoms with van der Waals surface area (Å²) in [5.74, 6) is 1.05. The van der Waals surface area contributed by atoms with Gasteiger partial charge in [0.05, 0.1) is 29.8 Å². The minimum atomic E-state index is -3.75. The molecule has 0 saturated carbocycles. The van der Waals surface area contributed by atoms with Crippen LogP contribution in [0.4, 0.5) is 5.69 Å². The van der Waals surface area contributed by atoms with Crippen LogP contribution in [0.15, 0.2) is 41.3 Å². The van der Waals surface area contributed by atoms with Crippen LogP contribution in [0, 0.1) is 0 Å². The fraction of sp³-hybridized carbons (Fsp3) is 0.294. The highest BCUT2D eigenvalue weighted by molar-refractivity contribution is 7.92. The number of sulfonamides is 1. The van der Waals surface area contributed by atoms with Gasteiger partial charge in [-0.05, 0) is 29.7 Å². The molecule has 0 heterocycles. The summed E-state index contributed by atoms with van der Waals surface area (Å²) in [6.07, 6.45) is 0. The molecule has 0 aromatic heterocycles. The first-order valence-corrected chi connectivity index (χ1v) is 9.19. The molecule has 24 heavy (non-hydrogen) atoms. The molecule has 0 amide bonds. The van der Waals surface area contributed by atoms with Crippen molar-refractivity contribution in [3.63, 3.8) is 0 Å². The SMILES string of the molecule is COc1cc(OC)c(NS(=O)(=O)c2ccc(C(C)C)cc2)cc1Cl. The summed E-state index contributed by atoms with van der Waals surface area (Å²) >= 11 is 6.07. The fourth-order valence-electron chi connectivity index (χ4n) is 2.18. The maximum Gasteiger partial charge on any atom is 0.262 e. The number of nitrogens with one attached hydrogen (secondary N) is 1. The topological polar surface area (TPSA) is 64.6 Å². The van der Waals surface area contributed by atoms with Crippen molar-refractivity contribution in [2.75, 3.05) is 18.9 Å². The highest BCUT2D eigenvalue weighted by Gasteiger charge is 2.18. The van der Waals surface area contributed by atoms with Crippen LogP contribution in [-0.4, -0.2) is 22.6 Å². The first kappa shape index (κ1) is 18.4. The fourth-order valence-corrected chi connectivity index (χ4v) is 3.48. The molecule has 0 unspecified atom stereocenters. The summed E-state index contributed by atoms with van der Waals surface area (Å²) in [5, 5.41) is 0.283. The van der Waals surface area contributed by atoms with Crippen molar-refractivity contribution in [1.82, 2.24) is 0 Å². The van der Waals surface area contributed by atoms with Crippen molar-refractivity contribution in [2.24, 2.45) is 0 Å². The van der Waals surface area contributed by atoms with E-state index < -0.39 is 10.0 Å². The molecule has 7 heteroatoms. The molecule has 1 N–H and O–H groups in total. The van der Waals surface area contributed by atoms with Gasteiger partial charge in [-0.2, -0.15) is 0 Å². The van der Waals surface area contributed by atoms with Crippen molar-refractivity contribution >= 4 is 27.3 Å². The summed E-state index contributed by atoms with van der Waals surface area (Å²) in [5.41, 5.74) is 1.32. The Balaban J connectivity index is 2.37. The molecule has 0 saturated heterocycles. The Morgan fingerprint density at radius 3 is 2.08 bits per heavy atom. The number of methoxy groups -OCH3 is 2. The van der Waals surface area contributed by atoms with Gasteiger partial charge >= 0.3 is 0 Å². The first-order chi connectivity index (χ1) is 11.3. The molecule has 0 aliphatic heterocycles. The normalized spacial score (nSPS) is 11.4. The Bertz CT molecular complexity index is 817. The Hall–Kier alpha value is -1.92. The molecule has 2 rings (SSSR count). The van der Waals surface area contributed by atoms with E-state index in [0.29, 0.717) is 17.4 Å². The molecule has 130 valence electrons. The average Bonchev–Trinajstić information content (AvgIpc) is 2.55. The van der Waals surface area contributed by atoms with Crippen LogP contribution < -0.4 is 14.2 Å². The minimum absolute atomic E-state index is 0.167. The zero-order valence-corrected chi connectivity index (χ0v) is 15.5. The van der Waals surface area contributed by atoms with Crippen LogP contribution >= 0.6 is 11.6 Å². The largest absolute Gasteiger partial charge is 0.495 e. The minimum Gasteiger partial charge on any atom is -0.495 e. The molecule has 0 radical (unpaired) electrons. The van der Waals surface area contributed by atoms with Crippen LogP contribution in [0.1, 0.15) is 25.3 Å². The lowest BCUT2D eigenvalue weighted by Crippen LogP contribution is -2.14. The second-order valence-corrected chi connectivity index (χ2v) is 7.61. The molecule has 0 aliphatic carbocycles. The van der Waals surface area contributed by atoms with E-state index in [2.05, 4.69) is 4.72 Å². The Morgan fingerprint density at radius 2 is 1.58 bits per heavy atom. The van der Waals surface area contributed by atoms with Crippen LogP contribution in [0.5, 0.6) is 11.5 Å². The molecule has 5 nitrogen and oxygen atoms in total. The third kappa shape index (κ3) is 3.94. The molecule has 0 bridgehead atoms. The van der Waals surface area contributed by atoms with E-state index in [4.69, 9.17) is 21.1 Å². The zero-order chi connectivity index (χ0) is 17.9. The average molecular weight is 370 g/mol. The smallest absolute Gasteiger partial charge is 0.262 e. The van der Waals surface area contributed by atoms with Gasteiger partial charge in [-0.3, -0.25) is 4.72 Å². The van der Waals surface area contributed by atoms with Crippen LogP contribution in [-0.2, 0) is 10.0 Å². The highest BCUT2D eigenvalue weighted by Crippen LogP contribution is 2.37. The number of hydrogen-bond donors (Lipinski definition) is 1. The molecular formula is C17H20ClNO4S. The lowest BCUT2D eigenvalue weighted by atomic mass is 10.0. The summed E-state index contributed by atoms with van der Waals surface area (Å²) in [6, 6.07) is 9.75. The Kier molecular flexibility index (Phi) is 5.62. The third-order valence-electron chi connectivity index (χ3n) is 3.58. The van der Waals surface area contributed by atoms with Crippen molar-refractivity contribution in [3.8, 4) is 11.5 Å². The molecule has 0 aliphatic rings. The molecule has 0 atom stereocenters. The van der Waals surface area contributed by atoms with Crippen molar-refractivity contribution in [3.05, 3.63) is 47.0 Å². The van der Waals surface area contributed by atoms with Gasteiger partial charge in [0.15, 0.2) is 0 Å². The standard InChI is InChI=1S/C17H20ClNO4S/c1-11(2)12-5-7-13(8-6-12)24(20,21)19-15-9-14(18)16(22-3)10-17(15)23-4/h5-11,19H,1-4H3. The molecular weight excluding hydrogens is 350 g/mol.